The van der Waals surface area contributed by atoms with Crippen molar-refractivity contribution in [3.8, 4) is 0 Å². The molecule has 106 valence electrons. The van der Waals surface area contributed by atoms with Crippen molar-refractivity contribution < 1.29 is 14.4 Å². The van der Waals surface area contributed by atoms with Gasteiger partial charge in [0.2, 0.25) is 5.91 Å². The van der Waals surface area contributed by atoms with E-state index in [1.54, 1.807) is 0 Å². The molecule has 0 aromatic carbocycles. The molecule has 0 spiro atoms. The molecular formula is C13H21N3O3. The van der Waals surface area contributed by atoms with Gasteiger partial charge in [-0.1, -0.05) is 13.8 Å². The molecule has 2 fully saturated rings. The van der Waals surface area contributed by atoms with E-state index in [1.807, 2.05) is 13.8 Å². The Morgan fingerprint density at radius 3 is 2.63 bits per heavy atom. The monoisotopic (exact) mass is 267 g/mol. The van der Waals surface area contributed by atoms with Crippen molar-refractivity contribution in [3.63, 3.8) is 0 Å². The highest BCUT2D eigenvalue weighted by Gasteiger charge is 2.43. The SMILES string of the molecule is CC(C)C(=O)[C@@H]1CCCN2C(=O)CC[C@H](N)C(=O)N12. The minimum Gasteiger partial charge on any atom is -0.320 e. The normalized spacial score (nSPS) is 28.4. The Morgan fingerprint density at radius 2 is 2.00 bits per heavy atom. The molecule has 0 unspecified atom stereocenters. The highest BCUT2D eigenvalue weighted by Crippen LogP contribution is 2.26. The predicted molar refractivity (Wildman–Crippen MR) is 68.6 cm³/mol. The van der Waals surface area contributed by atoms with Gasteiger partial charge >= 0.3 is 0 Å². The minimum absolute atomic E-state index is 0.0000463. The fraction of sp³-hybridized carbons (Fsp3) is 0.769. The Balaban J connectivity index is 2.33. The first-order valence-corrected chi connectivity index (χ1v) is 6.86. The Hall–Kier alpha value is -1.43. The molecule has 0 saturated carbocycles. The Morgan fingerprint density at radius 1 is 1.32 bits per heavy atom. The van der Waals surface area contributed by atoms with E-state index in [9.17, 15) is 14.4 Å². The van der Waals surface area contributed by atoms with Crippen LogP contribution in [0.4, 0.5) is 0 Å². The first-order chi connectivity index (χ1) is 8.93. The number of rotatable bonds is 2. The van der Waals surface area contributed by atoms with E-state index in [0.29, 0.717) is 19.4 Å². The van der Waals surface area contributed by atoms with Crippen molar-refractivity contribution in [3.05, 3.63) is 0 Å². The summed E-state index contributed by atoms with van der Waals surface area (Å²) >= 11 is 0. The van der Waals surface area contributed by atoms with Gasteiger partial charge in [-0.2, -0.15) is 0 Å². The van der Waals surface area contributed by atoms with E-state index < -0.39 is 12.1 Å². The quantitative estimate of drug-likeness (QED) is 0.767. The van der Waals surface area contributed by atoms with E-state index in [-0.39, 0.29) is 29.9 Å². The Labute approximate surface area is 112 Å². The third-order valence-electron chi connectivity index (χ3n) is 3.80. The molecular weight excluding hydrogens is 246 g/mol. The van der Waals surface area contributed by atoms with Gasteiger partial charge in [0.1, 0.15) is 6.04 Å². The number of nitrogens with two attached hydrogens (primary N) is 1. The standard InChI is InChI=1S/C13H21N3O3/c1-8(2)12(18)10-4-3-7-15-11(17)6-5-9(14)13(19)16(10)15/h8-10H,3-7,14H2,1-2H3/t9-,10-/m0/s1. The fourth-order valence-electron chi connectivity index (χ4n) is 2.70. The summed E-state index contributed by atoms with van der Waals surface area (Å²) in [6.45, 7) is 4.12. The first kappa shape index (κ1) is 14.0. The number of fused-ring (bicyclic) bond motifs is 1. The van der Waals surface area contributed by atoms with E-state index >= 15 is 0 Å². The van der Waals surface area contributed by atoms with Gasteiger partial charge in [-0.25, -0.2) is 5.01 Å². The lowest BCUT2D eigenvalue weighted by Gasteiger charge is -2.43. The largest absolute Gasteiger partial charge is 0.320 e. The van der Waals surface area contributed by atoms with Crippen LogP contribution in [0.15, 0.2) is 0 Å². The zero-order valence-electron chi connectivity index (χ0n) is 11.5. The van der Waals surface area contributed by atoms with Gasteiger partial charge in [0, 0.05) is 18.9 Å². The molecule has 0 bridgehead atoms. The van der Waals surface area contributed by atoms with E-state index in [0.717, 1.165) is 6.42 Å². The molecule has 6 nitrogen and oxygen atoms in total. The second-order valence-electron chi connectivity index (χ2n) is 5.56. The molecule has 2 N–H and O–H groups in total. The fourth-order valence-corrected chi connectivity index (χ4v) is 2.70. The Bertz CT molecular complexity index is 408. The molecule has 2 heterocycles. The molecule has 2 aliphatic rings. The van der Waals surface area contributed by atoms with Crippen LogP contribution in [0.2, 0.25) is 0 Å². The summed E-state index contributed by atoms with van der Waals surface area (Å²) in [6, 6.07) is -1.22. The molecule has 0 aromatic rings. The average Bonchev–Trinajstić information content (AvgIpc) is 2.50. The molecule has 2 amide bonds. The molecule has 0 aliphatic carbocycles. The second-order valence-corrected chi connectivity index (χ2v) is 5.56. The van der Waals surface area contributed by atoms with E-state index in [1.165, 1.54) is 10.0 Å². The molecule has 2 saturated heterocycles. The number of amides is 2. The zero-order chi connectivity index (χ0) is 14.2. The molecule has 19 heavy (non-hydrogen) atoms. The van der Waals surface area contributed by atoms with Crippen LogP contribution in [-0.4, -0.2) is 46.2 Å². The van der Waals surface area contributed by atoms with Gasteiger partial charge in [-0.3, -0.25) is 19.4 Å². The van der Waals surface area contributed by atoms with Crippen LogP contribution in [0.25, 0.3) is 0 Å². The van der Waals surface area contributed by atoms with Crippen LogP contribution < -0.4 is 5.73 Å². The van der Waals surface area contributed by atoms with Crippen molar-refractivity contribution in [1.82, 2.24) is 10.0 Å². The van der Waals surface area contributed by atoms with Gasteiger partial charge in [-0.15, -0.1) is 0 Å². The lowest BCUT2D eigenvalue weighted by molar-refractivity contribution is -0.175. The second kappa shape index (κ2) is 5.28. The topological polar surface area (TPSA) is 83.7 Å². The smallest absolute Gasteiger partial charge is 0.258 e. The Kier molecular flexibility index (Phi) is 3.89. The van der Waals surface area contributed by atoms with E-state index in [4.69, 9.17) is 5.73 Å². The summed E-state index contributed by atoms with van der Waals surface area (Å²) in [5.74, 6) is -0.570. The van der Waals surface area contributed by atoms with E-state index in [2.05, 4.69) is 0 Å². The van der Waals surface area contributed by atoms with Crippen molar-refractivity contribution in [2.24, 2.45) is 11.7 Å². The van der Waals surface area contributed by atoms with Crippen molar-refractivity contribution in [1.29, 1.82) is 0 Å². The van der Waals surface area contributed by atoms with Crippen LogP contribution in [-0.2, 0) is 14.4 Å². The number of hydrazine groups is 1. The number of Topliss-reactive ketones (excluding diaryl/α,β-unsaturated/α-hetero) is 1. The van der Waals surface area contributed by atoms with Crippen LogP contribution in [0.5, 0.6) is 0 Å². The summed E-state index contributed by atoms with van der Waals surface area (Å²) in [4.78, 5) is 36.6. The predicted octanol–water partition coefficient (Wildman–Crippen LogP) is 0.0672. The molecule has 2 atom stereocenters. The highest BCUT2D eigenvalue weighted by atomic mass is 16.2. The summed E-state index contributed by atoms with van der Waals surface area (Å²) in [7, 11) is 0. The van der Waals surface area contributed by atoms with Crippen LogP contribution in [0, 0.1) is 5.92 Å². The zero-order valence-corrected chi connectivity index (χ0v) is 11.5. The van der Waals surface area contributed by atoms with Gasteiger partial charge in [0.15, 0.2) is 5.78 Å². The van der Waals surface area contributed by atoms with Crippen molar-refractivity contribution in [2.45, 2.75) is 51.6 Å². The summed E-state index contributed by atoms with van der Waals surface area (Å²) in [5.41, 5.74) is 5.80. The number of hydrogen-bond donors (Lipinski definition) is 1. The summed E-state index contributed by atoms with van der Waals surface area (Å²) < 4.78 is 0. The lowest BCUT2D eigenvalue weighted by Crippen LogP contribution is -2.62. The van der Waals surface area contributed by atoms with Gasteiger partial charge in [-0.05, 0) is 19.3 Å². The number of carbonyl (C=O) groups excluding carboxylic acids is 3. The lowest BCUT2D eigenvalue weighted by atomic mass is 9.95. The maximum absolute atomic E-state index is 12.3. The maximum atomic E-state index is 12.3. The van der Waals surface area contributed by atoms with Crippen molar-refractivity contribution in [2.75, 3.05) is 6.54 Å². The molecule has 2 aliphatic heterocycles. The number of hydrogen-bond acceptors (Lipinski definition) is 4. The first-order valence-electron chi connectivity index (χ1n) is 6.86. The summed E-state index contributed by atoms with van der Waals surface area (Å²) in [6.07, 6.45) is 1.98. The molecule has 2 rings (SSSR count). The third kappa shape index (κ3) is 2.49. The minimum atomic E-state index is -0.686. The number of carbonyl (C=O) groups is 3. The van der Waals surface area contributed by atoms with Crippen LogP contribution in [0.1, 0.15) is 39.5 Å². The maximum Gasteiger partial charge on any atom is 0.258 e. The average molecular weight is 267 g/mol. The molecule has 6 heteroatoms. The van der Waals surface area contributed by atoms with Gasteiger partial charge in [0.05, 0.1) is 6.04 Å². The molecule has 0 aromatic heterocycles. The number of ketones is 1. The highest BCUT2D eigenvalue weighted by molar-refractivity contribution is 5.94. The van der Waals surface area contributed by atoms with Crippen LogP contribution >= 0.6 is 0 Å². The van der Waals surface area contributed by atoms with Crippen molar-refractivity contribution >= 4 is 17.6 Å². The third-order valence-corrected chi connectivity index (χ3v) is 3.80. The van der Waals surface area contributed by atoms with Crippen LogP contribution in [0.3, 0.4) is 0 Å². The summed E-state index contributed by atoms with van der Waals surface area (Å²) in [5, 5.41) is 2.77. The van der Waals surface area contributed by atoms with Gasteiger partial charge < -0.3 is 5.73 Å². The number of nitrogens with zero attached hydrogens (tertiary/aromatic N) is 2. The van der Waals surface area contributed by atoms with Gasteiger partial charge in [0.25, 0.3) is 5.91 Å². The molecule has 0 radical (unpaired) electrons.